The smallest absolute Gasteiger partial charge is 0.0302 e. The predicted octanol–water partition coefficient (Wildman–Crippen LogP) is 4.18. The van der Waals surface area contributed by atoms with Gasteiger partial charge in [0, 0.05) is 28.9 Å². The summed E-state index contributed by atoms with van der Waals surface area (Å²) in [5.74, 6) is 0. The quantitative estimate of drug-likeness (QED) is 0.731. The SMILES string of the molecule is CCCCN(CC)Cc1cc(CNC(C)C)sc1C. The number of nitrogens with one attached hydrogen (secondary N) is 1. The van der Waals surface area contributed by atoms with Crippen molar-refractivity contribution in [2.24, 2.45) is 0 Å². The molecule has 0 fully saturated rings. The third kappa shape index (κ3) is 6.07. The zero-order valence-corrected chi connectivity index (χ0v) is 14.1. The molecule has 1 aromatic heterocycles. The number of hydrogen-bond donors (Lipinski definition) is 1. The Balaban J connectivity index is 2.57. The first kappa shape index (κ1) is 16.7. The lowest BCUT2D eigenvalue weighted by Gasteiger charge is -2.19. The van der Waals surface area contributed by atoms with Gasteiger partial charge in [0.2, 0.25) is 0 Å². The van der Waals surface area contributed by atoms with Crippen molar-refractivity contribution in [2.75, 3.05) is 13.1 Å². The van der Waals surface area contributed by atoms with Gasteiger partial charge >= 0.3 is 0 Å². The van der Waals surface area contributed by atoms with Crippen LogP contribution in [-0.2, 0) is 13.1 Å². The Hall–Kier alpha value is -0.380. The van der Waals surface area contributed by atoms with Gasteiger partial charge in [0.05, 0.1) is 0 Å². The van der Waals surface area contributed by atoms with Crippen molar-refractivity contribution >= 4 is 11.3 Å². The number of aryl methyl sites for hydroxylation is 1. The Labute approximate surface area is 123 Å². The molecule has 0 atom stereocenters. The Morgan fingerprint density at radius 2 is 2.05 bits per heavy atom. The minimum Gasteiger partial charge on any atom is -0.310 e. The number of hydrogen-bond acceptors (Lipinski definition) is 3. The first-order valence-corrected chi connectivity index (χ1v) is 8.42. The molecule has 0 aliphatic rings. The Kier molecular flexibility index (Phi) is 7.66. The largest absolute Gasteiger partial charge is 0.310 e. The van der Waals surface area contributed by atoms with Gasteiger partial charge in [0.15, 0.2) is 0 Å². The van der Waals surface area contributed by atoms with Crippen LogP contribution in [0.25, 0.3) is 0 Å². The van der Waals surface area contributed by atoms with E-state index in [4.69, 9.17) is 0 Å². The van der Waals surface area contributed by atoms with Crippen molar-refractivity contribution in [1.29, 1.82) is 0 Å². The van der Waals surface area contributed by atoms with E-state index in [-0.39, 0.29) is 0 Å². The number of rotatable bonds is 9. The van der Waals surface area contributed by atoms with Gasteiger partial charge in [0.25, 0.3) is 0 Å². The molecule has 0 bridgehead atoms. The Bertz CT molecular complexity index is 358. The predicted molar refractivity (Wildman–Crippen MR) is 86.9 cm³/mol. The maximum Gasteiger partial charge on any atom is 0.0302 e. The second kappa shape index (κ2) is 8.72. The minimum atomic E-state index is 0.558. The molecule has 19 heavy (non-hydrogen) atoms. The zero-order chi connectivity index (χ0) is 14.3. The second-order valence-electron chi connectivity index (χ2n) is 5.55. The molecule has 0 aliphatic carbocycles. The molecule has 3 heteroatoms. The van der Waals surface area contributed by atoms with Crippen molar-refractivity contribution in [3.05, 3.63) is 21.4 Å². The van der Waals surface area contributed by atoms with Crippen LogP contribution in [-0.4, -0.2) is 24.0 Å². The van der Waals surface area contributed by atoms with Gasteiger partial charge in [-0.25, -0.2) is 0 Å². The first-order valence-electron chi connectivity index (χ1n) is 7.60. The lowest BCUT2D eigenvalue weighted by Crippen LogP contribution is -2.24. The van der Waals surface area contributed by atoms with E-state index < -0.39 is 0 Å². The van der Waals surface area contributed by atoms with Crippen LogP contribution in [0.15, 0.2) is 6.07 Å². The van der Waals surface area contributed by atoms with Crippen LogP contribution in [0.5, 0.6) is 0 Å². The molecular formula is C16H30N2S. The van der Waals surface area contributed by atoms with E-state index in [1.165, 1.54) is 34.7 Å². The third-order valence-corrected chi connectivity index (χ3v) is 4.52. The van der Waals surface area contributed by atoms with Gasteiger partial charge in [-0.3, -0.25) is 4.90 Å². The highest BCUT2D eigenvalue weighted by Crippen LogP contribution is 2.23. The number of thiophene rings is 1. The van der Waals surface area contributed by atoms with Gasteiger partial charge in [-0.1, -0.05) is 34.1 Å². The summed E-state index contributed by atoms with van der Waals surface area (Å²) in [7, 11) is 0. The highest BCUT2D eigenvalue weighted by Gasteiger charge is 2.09. The summed E-state index contributed by atoms with van der Waals surface area (Å²) >= 11 is 1.94. The van der Waals surface area contributed by atoms with E-state index in [1.807, 2.05) is 11.3 Å². The summed E-state index contributed by atoms with van der Waals surface area (Å²) in [5, 5.41) is 3.50. The van der Waals surface area contributed by atoms with Crippen molar-refractivity contribution in [3.8, 4) is 0 Å². The van der Waals surface area contributed by atoms with E-state index in [0.29, 0.717) is 6.04 Å². The molecule has 1 aromatic rings. The van der Waals surface area contributed by atoms with Gasteiger partial charge in [-0.2, -0.15) is 0 Å². The molecule has 0 radical (unpaired) electrons. The average molecular weight is 282 g/mol. The molecule has 2 nitrogen and oxygen atoms in total. The van der Waals surface area contributed by atoms with Crippen LogP contribution in [0.3, 0.4) is 0 Å². The molecule has 0 amide bonds. The normalized spacial score (nSPS) is 11.7. The minimum absolute atomic E-state index is 0.558. The maximum absolute atomic E-state index is 3.50. The van der Waals surface area contributed by atoms with Crippen molar-refractivity contribution < 1.29 is 0 Å². The summed E-state index contributed by atoms with van der Waals surface area (Å²) in [6.07, 6.45) is 2.58. The summed E-state index contributed by atoms with van der Waals surface area (Å²) in [6.45, 7) is 15.7. The van der Waals surface area contributed by atoms with E-state index >= 15 is 0 Å². The van der Waals surface area contributed by atoms with Crippen LogP contribution in [0.1, 0.15) is 55.9 Å². The Morgan fingerprint density at radius 1 is 1.32 bits per heavy atom. The average Bonchev–Trinajstić information content (AvgIpc) is 2.72. The zero-order valence-electron chi connectivity index (χ0n) is 13.3. The molecule has 0 saturated heterocycles. The summed E-state index contributed by atoms with van der Waals surface area (Å²) in [4.78, 5) is 5.50. The fourth-order valence-electron chi connectivity index (χ4n) is 2.11. The van der Waals surface area contributed by atoms with Gasteiger partial charge in [-0.05, 0) is 38.1 Å². The molecule has 0 spiro atoms. The van der Waals surface area contributed by atoms with E-state index in [0.717, 1.165) is 19.6 Å². The van der Waals surface area contributed by atoms with Crippen molar-refractivity contribution in [2.45, 2.75) is 66.6 Å². The number of unbranched alkanes of at least 4 members (excludes halogenated alkanes) is 1. The monoisotopic (exact) mass is 282 g/mol. The van der Waals surface area contributed by atoms with Crippen LogP contribution < -0.4 is 5.32 Å². The van der Waals surface area contributed by atoms with Crippen LogP contribution in [0.2, 0.25) is 0 Å². The lowest BCUT2D eigenvalue weighted by atomic mass is 10.2. The molecule has 1 heterocycles. The van der Waals surface area contributed by atoms with Crippen molar-refractivity contribution in [1.82, 2.24) is 10.2 Å². The summed E-state index contributed by atoms with van der Waals surface area (Å²) in [6, 6.07) is 2.95. The molecule has 0 aromatic carbocycles. The van der Waals surface area contributed by atoms with Gasteiger partial charge in [-0.15, -0.1) is 11.3 Å². The van der Waals surface area contributed by atoms with Gasteiger partial charge < -0.3 is 5.32 Å². The molecule has 110 valence electrons. The molecule has 0 aliphatic heterocycles. The maximum atomic E-state index is 3.50. The van der Waals surface area contributed by atoms with E-state index in [9.17, 15) is 0 Å². The molecule has 0 unspecified atom stereocenters. The third-order valence-electron chi connectivity index (χ3n) is 3.43. The van der Waals surface area contributed by atoms with E-state index in [1.54, 1.807) is 0 Å². The molecule has 1 N–H and O–H groups in total. The summed E-state index contributed by atoms with van der Waals surface area (Å²) in [5.41, 5.74) is 1.52. The second-order valence-corrected chi connectivity index (χ2v) is 6.89. The highest BCUT2D eigenvalue weighted by molar-refractivity contribution is 7.12. The standard InChI is InChI=1S/C16H30N2S/c1-6-8-9-18(7-2)12-15-10-16(19-14(15)5)11-17-13(3)4/h10,13,17H,6-9,11-12H2,1-5H3. The molecular weight excluding hydrogens is 252 g/mol. The fraction of sp³-hybridized carbons (Fsp3) is 0.750. The van der Waals surface area contributed by atoms with E-state index in [2.05, 4.69) is 50.9 Å². The van der Waals surface area contributed by atoms with Crippen LogP contribution >= 0.6 is 11.3 Å². The summed E-state index contributed by atoms with van der Waals surface area (Å²) < 4.78 is 0. The lowest BCUT2D eigenvalue weighted by molar-refractivity contribution is 0.275. The molecule has 1 rings (SSSR count). The van der Waals surface area contributed by atoms with Crippen LogP contribution in [0.4, 0.5) is 0 Å². The van der Waals surface area contributed by atoms with Crippen molar-refractivity contribution in [3.63, 3.8) is 0 Å². The first-order chi connectivity index (χ1) is 9.06. The fourth-order valence-corrected chi connectivity index (χ4v) is 3.11. The van der Waals surface area contributed by atoms with Gasteiger partial charge in [0.1, 0.15) is 0 Å². The van der Waals surface area contributed by atoms with Crippen LogP contribution in [0, 0.1) is 6.92 Å². The number of nitrogens with zero attached hydrogens (tertiary/aromatic N) is 1. The Morgan fingerprint density at radius 3 is 2.63 bits per heavy atom. The highest BCUT2D eigenvalue weighted by atomic mass is 32.1. The topological polar surface area (TPSA) is 15.3 Å². The molecule has 0 saturated carbocycles.